The number of hydrogen-bond acceptors (Lipinski definition) is 3. The van der Waals surface area contributed by atoms with E-state index < -0.39 is 11.9 Å². The molecule has 0 amide bonds. The molecule has 0 radical (unpaired) electrons. The van der Waals surface area contributed by atoms with E-state index in [0.29, 0.717) is 16.1 Å². The molecule has 1 unspecified atom stereocenters. The summed E-state index contributed by atoms with van der Waals surface area (Å²) in [5.74, 6) is -1.72. The minimum atomic E-state index is -0.945. The number of benzene rings is 1. The SMILES string of the molecule is O=C(O)C1C(=S)Cc2ccccc2C1=S. The van der Waals surface area contributed by atoms with E-state index in [2.05, 4.69) is 0 Å². The van der Waals surface area contributed by atoms with E-state index in [1.165, 1.54) is 0 Å². The van der Waals surface area contributed by atoms with Crippen LogP contribution >= 0.6 is 24.4 Å². The average molecular weight is 236 g/mol. The van der Waals surface area contributed by atoms with E-state index in [-0.39, 0.29) is 0 Å². The van der Waals surface area contributed by atoms with Gasteiger partial charge in [-0.25, -0.2) is 0 Å². The van der Waals surface area contributed by atoms with Crippen molar-refractivity contribution in [3.05, 3.63) is 35.4 Å². The molecule has 1 N–H and O–H groups in total. The number of carbonyl (C=O) groups is 1. The first-order chi connectivity index (χ1) is 7.11. The molecule has 4 heteroatoms. The summed E-state index contributed by atoms with van der Waals surface area (Å²) in [5, 5.41) is 9.03. The predicted molar refractivity (Wildman–Crippen MR) is 65.6 cm³/mol. The lowest BCUT2D eigenvalue weighted by Crippen LogP contribution is -2.35. The lowest BCUT2D eigenvalue weighted by atomic mass is 9.83. The van der Waals surface area contributed by atoms with Gasteiger partial charge in [-0.1, -0.05) is 48.7 Å². The van der Waals surface area contributed by atoms with Crippen molar-refractivity contribution in [2.45, 2.75) is 6.42 Å². The molecule has 0 aromatic heterocycles. The second kappa shape index (κ2) is 3.79. The zero-order valence-corrected chi connectivity index (χ0v) is 9.40. The Labute approximate surface area is 97.9 Å². The minimum absolute atomic E-state index is 0.439. The van der Waals surface area contributed by atoms with Crippen molar-refractivity contribution in [2.24, 2.45) is 5.92 Å². The Morgan fingerprint density at radius 2 is 2.00 bits per heavy atom. The predicted octanol–water partition coefficient (Wildman–Crippen LogP) is 2.03. The molecular formula is C11H8O2S2. The first-order valence-corrected chi connectivity index (χ1v) is 5.30. The Hall–Kier alpha value is -1.13. The summed E-state index contributed by atoms with van der Waals surface area (Å²) >= 11 is 10.3. The summed E-state index contributed by atoms with van der Waals surface area (Å²) in [7, 11) is 0. The maximum atomic E-state index is 11.0. The molecular weight excluding hydrogens is 228 g/mol. The van der Waals surface area contributed by atoms with Crippen LogP contribution in [0.5, 0.6) is 0 Å². The van der Waals surface area contributed by atoms with Gasteiger partial charge in [0.15, 0.2) is 0 Å². The van der Waals surface area contributed by atoms with Crippen LogP contribution in [0.1, 0.15) is 11.1 Å². The van der Waals surface area contributed by atoms with E-state index in [0.717, 1.165) is 11.1 Å². The number of rotatable bonds is 1. The van der Waals surface area contributed by atoms with Crippen LogP contribution in [0, 0.1) is 5.92 Å². The molecule has 1 aromatic rings. The van der Waals surface area contributed by atoms with E-state index >= 15 is 0 Å². The third-order valence-corrected chi connectivity index (χ3v) is 3.31. The van der Waals surface area contributed by atoms with Crippen LogP contribution in [-0.4, -0.2) is 20.8 Å². The van der Waals surface area contributed by atoms with Gasteiger partial charge in [0.05, 0.1) is 0 Å². The first kappa shape index (κ1) is 10.4. The Bertz CT molecular complexity index is 465. The monoisotopic (exact) mass is 236 g/mol. The lowest BCUT2D eigenvalue weighted by molar-refractivity contribution is -0.137. The second-order valence-electron chi connectivity index (χ2n) is 3.44. The van der Waals surface area contributed by atoms with Gasteiger partial charge in [-0.2, -0.15) is 0 Å². The van der Waals surface area contributed by atoms with Gasteiger partial charge in [-0.05, 0) is 11.1 Å². The van der Waals surface area contributed by atoms with E-state index in [9.17, 15) is 4.79 Å². The fraction of sp³-hybridized carbons (Fsp3) is 0.182. The highest BCUT2D eigenvalue weighted by atomic mass is 32.1. The number of hydrogen-bond donors (Lipinski definition) is 1. The normalized spacial score (nSPS) is 19.9. The molecule has 1 aromatic carbocycles. The molecule has 0 spiro atoms. The Morgan fingerprint density at radius 3 is 2.67 bits per heavy atom. The summed E-state index contributed by atoms with van der Waals surface area (Å²) in [6.45, 7) is 0. The van der Waals surface area contributed by atoms with Crippen LogP contribution in [-0.2, 0) is 11.2 Å². The number of fused-ring (bicyclic) bond motifs is 1. The molecule has 0 aliphatic heterocycles. The molecule has 0 heterocycles. The molecule has 2 nitrogen and oxygen atoms in total. The van der Waals surface area contributed by atoms with E-state index in [4.69, 9.17) is 29.5 Å². The quantitative estimate of drug-likeness (QED) is 0.757. The first-order valence-electron chi connectivity index (χ1n) is 4.49. The summed E-state index contributed by atoms with van der Waals surface area (Å²) < 4.78 is 0. The summed E-state index contributed by atoms with van der Waals surface area (Å²) in [4.78, 5) is 12.0. The molecule has 1 aliphatic rings. The van der Waals surface area contributed by atoms with Gasteiger partial charge in [-0.3, -0.25) is 4.79 Å². The Kier molecular flexibility index (Phi) is 2.63. The van der Waals surface area contributed by atoms with Crippen LogP contribution in [0.3, 0.4) is 0 Å². The maximum absolute atomic E-state index is 11.0. The van der Waals surface area contributed by atoms with Crippen LogP contribution < -0.4 is 0 Å². The molecule has 0 saturated heterocycles. The Morgan fingerprint density at radius 1 is 1.33 bits per heavy atom. The van der Waals surface area contributed by atoms with Gasteiger partial charge in [0, 0.05) is 16.1 Å². The van der Waals surface area contributed by atoms with Crippen LogP contribution in [0.4, 0.5) is 0 Å². The molecule has 0 bridgehead atoms. The molecule has 15 heavy (non-hydrogen) atoms. The summed E-state index contributed by atoms with van der Waals surface area (Å²) in [6.07, 6.45) is 0.530. The zero-order valence-electron chi connectivity index (χ0n) is 7.77. The minimum Gasteiger partial charge on any atom is -0.480 e. The van der Waals surface area contributed by atoms with Gasteiger partial charge in [-0.15, -0.1) is 0 Å². The molecule has 1 aliphatic carbocycles. The van der Waals surface area contributed by atoms with Gasteiger partial charge < -0.3 is 5.11 Å². The molecule has 2 rings (SSSR count). The van der Waals surface area contributed by atoms with Gasteiger partial charge >= 0.3 is 5.97 Å². The third kappa shape index (κ3) is 1.70. The van der Waals surface area contributed by atoms with Gasteiger partial charge in [0.25, 0.3) is 0 Å². The molecule has 76 valence electrons. The van der Waals surface area contributed by atoms with Crippen molar-refractivity contribution in [3.8, 4) is 0 Å². The van der Waals surface area contributed by atoms with Crippen molar-refractivity contribution in [1.82, 2.24) is 0 Å². The van der Waals surface area contributed by atoms with Crippen molar-refractivity contribution < 1.29 is 9.90 Å². The van der Waals surface area contributed by atoms with Crippen molar-refractivity contribution >= 4 is 40.1 Å². The molecule has 1 atom stereocenters. The van der Waals surface area contributed by atoms with Gasteiger partial charge in [0.2, 0.25) is 0 Å². The van der Waals surface area contributed by atoms with E-state index in [1.54, 1.807) is 0 Å². The van der Waals surface area contributed by atoms with Crippen molar-refractivity contribution in [3.63, 3.8) is 0 Å². The van der Waals surface area contributed by atoms with Crippen LogP contribution in [0.2, 0.25) is 0 Å². The van der Waals surface area contributed by atoms with Crippen LogP contribution in [0.25, 0.3) is 0 Å². The topological polar surface area (TPSA) is 37.3 Å². The number of aliphatic carboxylic acids is 1. The number of thiocarbonyl (C=S) groups is 2. The smallest absolute Gasteiger partial charge is 0.316 e. The number of carboxylic acids is 1. The summed E-state index contributed by atoms with van der Waals surface area (Å²) in [5.41, 5.74) is 1.89. The zero-order chi connectivity index (χ0) is 11.0. The fourth-order valence-corrected chi connectivity index (χ4v) is 2.65. The van der Waals surface area contributed by atoms with E-state index in [1.807, 2.05) is 24.3 Å². The average Bonchev–Trinajstić information content (AvgIpc) is 2.17. The number of carboxylic acid groups (broad SMARTS) is 1. The summed E-state index contributed by atoms with van der Waals surface area (Å²) in [6, 6.07) is 7.56. The maximum Gasteiger partial charge on any atom is 0.316 e. The van der Waals surface area contributed by atoms with Crippen molar-refractivity contribution in [2.75, 3.05) is 0 Å². The molecule has 0 saturated carbocycles. The van der Waals surface area contributed by atoms with Crippen molar-refractivity contribution in [1.29, 1.82) is 0 Å². The van der Waals surface area contributed by atoms with Gasteiger partial charge in [0.1, 0.15) is 5.92 Å². The standard InChI is InChI=1S/C11H8O2S2/c12-11(13)9-8(14)5-6-3-1-2-4-7(6)10(9)15/h1-4,9H,5H2,(H,12,13). The Balaban J connectivity index is 2.52. The fourth-order valence-electron chi connectivity index (χ4n) is 1.76. The second-order valence-corrected chi connectivity index (χ2v) is 4.40. The molecule has 0 fully saturated rings. The lowest BCUT2D eigenvalue weighted by Gasteiger charge is -2.23. The largest absolute Gasteiger partial charge is 0.480 e. The highest BCUT2D eigenvalue weighted by molar-refractivity contribution is 7.82. The highest BCUT2D eigenvalue weighted by Gasteiger charge is 2.33. The highest BCUT2D eigenvalue weighted by Crippen LogP contribution is 2.25. The third-order valence-electron chi connectivity index (χ3n) is 2.48. The van der Waals surface area contributed by atoms with Crippen LogP contribution in [0.15, 0.2) is 24.3 Å².